The van der Waals surface area contributed by atoms with Crippen molar-refractivity contribution in [3.63, 3.8) is 0 Å². The van der Waals surface area contributed by atoms with Gasteiger partial charge in [-0.1, -0.05) is 0 Å². The number of ether oxygens (including phenoxy) is 1. The molecule has 1 fully saturated rings. The second kappa shape index (κ2) is 5.72. The van der Waals surface area contributed by atoms with Crippen molar-refractivity contribution >= 4 is 12.0 Å². The number of carboxylic acid groups (broad SMARTS) is 1. The zero-order valence-corrected chi connectivity index (χ0v) is 10.7. The quantitative estimate of drug-likeness (QED) is 0.843. The third-order valence-corrected chi connectivity index (χ3v) is 2.95. The van der Waals surface area contributed by atoms with Crippen molar-refractivity contribution in [1.82, 2.24) is 15.2 Å². The molecule has 2 N–H and O–H groups in total. The van der Waals surface area contributed by atoms with E-state index in [1.165, 1.54) is 25.4 Å². The summed E-state index contributed by atoms with van der Waals surface area (Å²) in [5.74, 6) is -0.0459. The van der Waals surface area contributed by atoms with Crippen LogP contribution >= 0.6 is 0 Å². The number of alkyl halides is 1. The van der Waals surface area contributed by atoms with Crippen molar-refractivity contribution in [2.75, 3.05) is 20.1 Å². The summed E-state index contributed by atoms with van der Waals surface area (Å²) in [7, 11) is 1.49. The van der Waals surface area contributed by atoms with Gasteiger partial charge in [0.1, 0.15) is 17.5 Å². The van der Waals surface area contributed by atoms with Gasteiger partial charge in [-0.15, -0.1) is 0 Å². The van der Waals surface area contributed by atoms with Gasteiger partial charge in [0.2, 0.25) is 0 Å². The Hall–Kier alpha value is -2.38. The molecule has 0 spiro atoms. The molecule has 2 heterocycles. The molecule has 1 aliphatic heterocycles. The Labute approximate surface area is 114 Å². The van der Waals surface area contributed by atoms with E-state index in [2.05, 4.69) is 10.3 Å². The minimum atomic E-state index is -1.38. The largest absolute Gasteiger partial charge is 0.484 e. The molecule has 20 heavy (non-hydrogen) atoms. The normalized spacial score (nSPS) is 21.6. The number of halogens is 1. The maximum absolute atomic E-state index is 13.6. The Balaban J connectivity index is 2.00. The fourth-order valence-electron chi connectivity index (χ4n) is 1.89. The lowest BCUT2D eigenvalue weighted by atomic mass is 10.3. The van der Waals surface area contributed by atoms with Crippen molar-refractivity contribution < 1.29 is 23.8 Å². The highest BCUT2D eigenvalue weighted by Crippen LogP contribution is 2.20. The Morgan fingerprint density at radius 2 is 2.25 bits per heavy atom. The second-order valence-electron chi connectivity index (χ2n) is 4.32. The predicted octanol–water partition coefficient (Wildman–Crippen LogP) is 0.520. The first-order valence-electron chi connectivity index (χ1n) is 5.98. The van der Waals surface area contributed by atoms with E-state index < -0.39 is 18.4 Å². The fourth-order valence-corrected chi connectivity index (χ4v) is 1.89. The fraction of sp³-hybridized carbons (Fsp3) is 0.417. The SMILES string of the molecule is CNC(=O)c1ccc(O[C@@H]2CN(C(=O)O)C[C@H]2F)cn1. The van der Waals surface area contributed by atoms with Crippen LogP contribution in [0, 0.1) is 0 Å². The van der Waals surface area contributed by atoms with E-state index in [-0.39, 0.29) is 30.4 Å². The summed E-state index contributed by atoms with van der Waals surface area (Å²) < 4.78 is 19.0. The zero-order valence-electron chi connectivity index (χ0n) is 10.7. The summed E-state index contributed by atoms with van der Waals surface area (Å²) in [6.45, 7) is -0.239. The molecule has 2 atom stereocenters. The van der Waals surface area contributed by atoms with E-state index in [0.717, 1.165) is 4.90 Å². The molecule has 108 valence electrons. The summed E-state index contributed by atoms with van der Waals surface area (Å²) in [5, 5.41) is 11.2. The van der Waals surface area contributed by atoms with Gasteiger partial charge in [0.25, 0.3) is 5.91 Å². The van der Waals surface area contributed by atoms with Crippen LogP contribution in [0.15, 0.2) is 18.3 Å². The number of carbonyl (C=O) groups is 2. The average Bonchev–Trinajstić information content (AvgIpc) is 2.80. The number of hydrogen-bond acceptors (Lipinski definition) is 4. The van der Waals surface area contributed by atoms with Crippen LogP contribution in [0.4, 0.5) is 9.18 Å². The first kappa shape index (κ1) is 14.0. The topological polar surface area (TPSA) is 91.8 Å². The van der Waals surface area contributed by atoms with Crippen molar-refractivity contribution in [3.8, 4) is 5.75 Å². The number of carbonyl (C=O) groups excluding carboxylic acids is 1. The van der Waals surface area contributed by atoms with Crippen LogP contribution in [0.3, 0.4) is 0 Å². The summed E-state index contributed by atoms with van der Waals surface area (Å²) in [5.41, 5.74) is 0.218. The van der Waals surface area contributed by atoms with E-state index in [0.29, 0.717) is 0 Å². The van der Waals surface area contributed by atoms with Crippen molar-refractivity contribution in [3.05, 3.63) is 24.0 Å². The number of nitrogens with one attached hydrogen (secondary N) is 1. The number of nitrogens with zero attached hydrogens (tertiary/aromatic N) is 2. The standard InChI is InChI=1S/C12H14FN3O4/c1-14-11(17)9-3-2-7(4-15-9)20-10-6-16(12(18)19)5-8(10)13/h2-4,8,10H,5-6H2,1H3,(H,14,17)(H,18,19)/t8-,10-/m1/s1. The first-order valence-corrected chi connectivity index (χ1v) is 5.98. The lowest BCUT2D eigenvalue weighted by molar-refractivity contribution is 0.0957. The van der Waals surface area contributed by atoms with Gasteiger partial charge in [0.15, 0.2) is 6.17 Å². The van der Waals surface area contributed by atoms with Crippen molar-refractivity contribution in [2.24, 2.45) is 0 Å². The molecule has 0 aromatic carbocycles. The number of pyridine rings is 1. The van der Waals surface area contributed by atoms with Crippen molar-refractivity contribution in [1.29, 1.82) is 0 Å². The van der Waals surface area contributed by atoms with Gasteiger partial charge in [-0.2, -0.15) is 0 Å². The van der Waals surface area contributed by atoms with E-state index >= 15 is 0 Å². The number of hydrogen-bond donors (Lipinski definition) is 2. The van der Waals surface area contributed by atoms with Crippen LogP contribution in [0.2, 0.25) is 0 Å². The molecule has 1 aliphatic rings. The van der Waals surface area contributed by atoms with Gasteiger partial charge in [-0.05, 0) is 12.1 Å². The third kappa shape index (κ3) is 2.95. The third-order valence-electron chi connectivity index (χ3n) is 2.95. The molecule has 2 rings (SSSR count). The van der Waals surface area contributed by atoms with Gasteiger partial charge < -0.3 is 20.1 Å². The highest BCUT2D eigenvalue weighted by atomic mass is 19.1. The predicted molar refractivity (Wildman–Crippen MR) is 66.5 cm³/mol. The van der Waals surface area contributed by atoms with Crippen LogP contribution < -0.4 is 10.1 Å². The highest BCUT2D eigenvalue weighted by Gasteiger charge is 2.37. The molecule has 0 radical (unpaired) electrons. The van der Waals surface area contributed by atoms with Gasteiger partial charge in [0.05, 0.1) is 19.3 Å². The Kier molecular flexibility index (Phi) is 4.02. The minimum absolute atomic E-state index is 0.0340. The maximum atomic E-state index is 13.6. The molecule has 0 saturated carbocycles. The van der Waals surface area contributed by atoms with Crippen LogP contribution in [0.25, 0.3) is 0 Å². The summed E-state index contributed by atoms with van der Waals surface area (Å²) in [6, 6.07) is 2.94. The maximum Gasteiger partial charge on any atom is 0.407 e. The molecular weight excluding hydrogens is 269 g/mol. The van der Waals surface area contributed by atoms with Crippen LogP contribution in [-0.4, -0.2) is 59.4 Å². The zero-order chi connectivity index (χ0) is 14.7. The summed E-state index contributed by atoms with van der Waals surface area (Å²) in [6.07, 6.45) is -2.11. The highest BCUT2D eigenvalue weighted by molar-refractivity contribution is 5.91. The molecular formula is C12H14FN3O4. The van der Waals surface area contributed by atoms with E-state index in [9.17, 15) is 14.0 Å². The first-order chi connectivity index (χ1) is 9.51. The Morgan fingerprint density at radius 1 is 1.50 bits per heavy atom. The summed E-state index contributed by atoms with van der Waals surface area (Å²) in [4.78, 5) is 26.9. The molecule has 0 aliphatic carbocycles. The average molecular weight is 283 g/mol. The number of rotatable bonds is 3. The van der Waals surface area contributed by atoms with Gasteiger partial charge in [0, 0.05) is 7.05 Å². The smallest absolute Gasteiger partial charge is 0.407 e. The van der Waals surface area contributed by atoms with Gasteiger partial charge >= 0.3 is 6.09 Å². The Bertz CT molecular complexity index is 508. The molecule has 1 aromatic rings. The van der Waals surface area contributed by atoms with Gasteiger partial charge in [-0.3, -0.25) is 4.79 Å². The number of aromatic nitrogens is 1. The van der Waals surface area contributed by atoms with Gasteiger partial charge in [-0.25, -0.2) is 14.2 Å². The molecule has 7 nitrogen and oxygen atoms in total. The molecule has 0 bridgehead atoms. The van der Waals surface area contributed by atoms with E-state index in [1.54, 1.807) is 0 Å². The molecule has 1 aromatic heterocycles. The van der Waals surface area contributed by atoms with E-state index in [1.807, 2.05) is 0 Å². The molecule has 0 unspecified atom stereocenters. The number of likely N-dealkylation sites (tertiary alicyclic amines) is 1. The number of amides is 2. The monoisotopic (exact) mass is 283 g/mol. The van der Waals surface area contributed by atoms with E-state index in [4.69, 9.17) is 9.84 Å². The second-order valence-corrected chi connectivity index (χ2v) is 4.32. The minimum Gasteiger partial charge on any atom is -0.484 e. The lowest BCUT2D eigenvalue weighted by Gasteiger charge is -2.15. The molecule has 2 amide bonds. The lowest BCUT2D eigenvalue weighted by Crippen LogP contribution is -2.29. The molecule has 1 saturated heterocycles. The van der Waals surface area contributed by atoms with Crippen LogP contribution in [0.1, 0.15) is 10.5 Å². The van der Waals surface area contributed by atoms with Crippen LogP contribution in [0.5, 0.6) is 5.75 Å². The van der Waals surface area contributed by atoms with Crippen LogP contribution in [-0.2, 0) is 0 Å². The molecule has 8 heteroatoms. The Morgan fingerprint density at radius 3 is 2.75 bits per heavy atom. The summed E-state index contributed by atoms with van der Waals surface area (Å²) >= 11 is 0. The van der Waals surface area contributed by atoms with Crippen molar-refractivity contribution in [2.45, 2.75) is 12.3 Å².